The van der Waals surface area contributed by atoms with Gasteiger partial charge in [0.1, 0.15) is 0 Å². The average molecular weight is 324 g/mol. The number of carbonyl (C=O) groups excluding carboxylic acids is 1. The molecule has 0 atom stereocenters. The predicted octanol–water partition coefficient (Wildman–Crippen LogP) is 3.25. The molecule has 18 heavy (non-hydrogen) atoms. The highest BCUT2D eigenvalue weighted by molar-refractivity contribution is 9.09. The van der Waals surface area contributed by atoms with E-state index in [9.17, 15) is 18.0 Å². The Morgan fingerprint density at radius 1 is 1.28 bits per heavy atom. The Labute approximate surface area is 112 Å². The number of amides is 1. The maximum Gasteiger partial charge on any atom is 0.251 e. The molecule has 1 N–H and O–H groups in total. The molecular formula is C12H13BrF3NO. The second-order valence-corrected chi connectivity index (χ2v) is 5.30. The summed E-state index contributed by atoms with van der Waals surface area (Å²) in [5.41, 5.74) is -0.427. The summed E-state index contributed by atoms with van der Waals surface area (Å²) in [7, 11) is 0. The molecule has 6 heteroatoms. The van der Waals surface area contributed by atoms with Crippen molar-refractivity contribution >= 4 is 21.8 Å². The first-order valence-corrected chi connectivity index (χ1v) is 6.38. The van der Waals surface area contributed by atoms with Crippen LogP contribution >= 0.6 is 15.9 Å². The van der Waals surface area contributed by atoms with Crippen LogP contribution in [0, 0.1) is 22.9 Å². The molecule has 2 nitrogen and oxygen atoms in total. The number of halogens is 4. The largest absolute Gasteiger partial charge is 0.351 e. The summed E-state index contributed by atoms with van der Waals surface area (Å²) in [6, 6.07) is 1.35. The fourth-order valence-electron chi connectivity index (χ4n) is 1.16. The van der Waals surface area contributed by atoms with Crippen molar-refractivity contribution in [3.05, 3.63) is 35.1 Å². The lowest BCUT2D eigenvalue weighted by molar-refractivity contribution is 0.0939. The van der Waals surface area contributed by atoms with Crippen LogP contribution < -0.4 is 5.32 Å². The van der Waals surface area contributed by atoms with Crippen molar-refractivity contribution in [1.29, 1.82) is 0 Å². The van der Waals surface area contributed by atoms with Crippen LogP contribution in [0.15, 0.2) is 12.1 Å². The monoisotopic (exact) mass is 323 g/mol. The third-order valence-corrected chi connectivity index (χ3v) is 3.85. The van der Waals surface area contributed by atoms with Crippen LogP contribution in [0.3, 0.4) is 0 Å². The summed E-state index contributed by atoms with van der Waals surface area (Å²) in [5.74, 6) is -4.96. The maximum absolute atomic E-state index is 12.9. The lowest BCUT2D eigenvalue weighted by atomic mass is 9.97. The minimum absolute atomic E-state index is 0.188. The van der Waals surface area contributed by atoms with E-state index < -0.39 is 23.4 Å². The molecule has 0 fully saturated rings. The highest BCUT2D eigenvalue weighted by Crippen LogP contribution is 2.17. The Balaban J connectivity index is 2.80. The molecule has 1 rings (SSSR count). The van der Waals surface area contributed by atoms with Crippen LogP contribution in [-0.4, -0.2) is 17.8 Å². The zero-order chi connectivity index (χ0) is 13.9. The van der Waals surface area contributed by atoms with E-state index in [0.717, 1.165) is 0 Å². The van der Waals surface area contributed by atoms with Gasteiger partial charge in [-0.05, 0) is 17.5 Å². The first-order valence-electron chi connectivity index (χ1n) is 5.25. The van der Waals surface area contributed by atoms with Crippen molar-refractivity contribution < 1.29 is 18.0 Å². The van der Waals surface area contributed by atoms with Crippen molar-refractivity contribution in [1.82, 2.24) is 5.32 Å². The molecule has 0 saturated heterocycles. The van der Waals surface area contributed by atoms with Crippen LogP contribution in [0.25, 0.3) is 0 Å². The summed E-state index contributed by atoms with van der Waals surface area (Å²) in [6.07, 6.45) is 0. The molecule has 0 bridgehead atoms. The van der Waals surface area contributed by atoms with Crippen LogP contribution in [-0.2, 0) is 0 Å². The Kier molecular flexibility index (Phi) is 4.78. The quantitative estimate of drug-likeness (QED) is 0.668. The van der Waals surface area contributed by atoms with Crippen LogP contribution in [0.4, 0.5) is 13.2 Å². The van der Waals surface area contributed by atoms with E-state index in [-0.39, 0.29) is 11.0 Å². The van der Waals surface area contributed by atoms with Crippen molar-refractivity contribution in [3.63, 3.8) is 0 Å². The van der Waals surface area contributed by atoms with Crippen molar-refractivity contribution in [2.75, 3.05) is 11.9 Å². The number of alkyl halides is 1. The van der Waals surface area contributed by atoms with Gasteiger partial charge >= 0.3 is 0 Å². The Hall–Kier alpha value is -1.04. The SMILES string of the molecule is CC(C)(CBr)CNC(=O)c1cc(F)c(F)c(F)c1. The van der Waals surface area contributed by atoms with Gasteiger partial charge in [-0.1, -0.05) is 29.8 Å². The number of rotatable bonds is 4. The summed E-state index contributed by atoms with van der Waals surface area (Å²) >= 11 is 3.29. The van der Waals surface area contributed by atoms with E-state index >= 15 is 0 Å². The molecule has 1 aromatic rings. The minimum Gasteiger partial charge on any atom is -0.351 e. The fourth-order valence-corrected chi connectivity index (χ4v) is 1.35. The molecule has 0 aliphatic heterocycles. The molecule has 0 aliphatic carbocycles. The zero-order valence-corrected chi connectivity index (χ0v) is 11.6. The second kappa shape index (κ2) is 5.73. The van der Waals surface area contributed by atoms with Crippen molar-refractivity contribution in [3.8, 4) is 0 Å². The Morgan fingerprint density at radius 3 is 2.22 bits per heavy atom. The van der Waals surface area contributed by atoms with Crippen molar-refractivity contribution in [2.24, 2.45) is 5.41 Å². The smallest absolute Gasteiger partial charge is 0.251 e. The number of hydrogen-bond donors (Lipinski definition) is 1. The normalized spacial score (nSPS) is 11.4. The van der Waals surface area contributed by atoms with Gasteiger partial charge in [-0.2, -0.15) is 0 Å². The third-order valence-electron chi connectivity index (χ3n) is 2.34. The van der Waals surface area contributed by atoms with Gasteiger partial charge in [0, 0.05) is 17.4 Å². The van der Waals surface area contributed by atoms with E-state index in [1.165, 1.54) is 0 Å². The summed E-state index contributed by atoms with van der Waals surface area (Å²) < 4.78 is 38.6. The van der Waals surface area contributed by atoms with Gasteiger partial charge in [0.25, 0.3) is 5.91 Å². The first-order chi connectivity index (χ1) is 8.26. The highest BCUT2D eigenvalue weighted by Gasteiger charge is 2.19. The highest BCUT2D eigenvalue weighted by atomic mass is 79.9. The fraction of sp³-hybridized carbons (Fsp3) is 0.417. The average Bonchev–Trinajstić information content (AvgIpc) is 2.32. The molecule has 0 spiro atoms. The molecular weight excluding hydrogens is 311 g/mol. The third kappa shape index (κ3) is 3.73. The predicted molar refractivity (Wildman–Crippen MR) is 66.2 cm³/mol. The van der Waals surface area contributed by atoms with E-state index in [2.05, 4.69) is 21.2 Å². The lowest BCUT2D eigenvalue weighted by Crippen LogP contribution is -2.35. The van der Waals surface area contributed by atoms with Gasteiger partial charge in [0.2, 0.25) is 0 Å². The zero-order valence-electron chi connectivity index (χ0n) is 9.99. The summed E-state index contributed by atoms with van der Waals surface area (Å²) in [5, 5.41) is 3.20. The molecule has 1 aromatic carbocycles. The summed E-state index contributed by atoms with van der Waals surface area (Å²) in [6.45, 7) is 4.15. The topological polar surface area (TPSA) is 29.1 Å². The number of hydrogen-bond acceptors (Lipinski definition) is 1. The van der Waals surface area contributed by atoms with Crippen LogP contribution in [0.5, 0.6) is 0 Å². The number of nitrogens with one attached hydrogen (secondary N) is 1. The molecule has 100 valence electrons. The minimum atomic E-state index is -1.58. The molecule has 0 saturated carbocycles. The number of benzene rings is 1. The van der Waals surface area contributed by atoms with E-state index in [4.69, 9.17) is 0 Å². The first kappa shape index (κ1) is 15.0. The van der Waals surface area contributed by atoms with E-state index in [0.29, 0.717) is 24.0 Å². The maximum atomic E-state index is 12.9. The molecule has 0 unspecified atom stereocenters. The second-order valence-electron chi connectivity index (χ2n) is 4.73. The van der Waals surface area contributed by atoms with E-state index in [1.54, 1.807) is 0 Å². The van der Waals surface area contributed by atoms with Gasteiger partial charge in [-0.15, -0.1) is 0 Å². The molecule has 0 radical (unpaired) electrons. The Morgan fingerprint density at radius 2 is 1.78 bits per heavy atom. The number of carbonyl (C=O) groups is 1. The van der Waals surface area contributed by atoms with Gasteiger partial charge in [0.05, 0.1) is 0 Å². The van der Waals surface area contributed by atoms with Gasteiger partial charge in [-0.3, -0.25) is 4.79 Å². The van der Waals surface area contributed by atoms with Gasteiger partial charge < -0.3 is 5.32 Å². The van der Waals surface area contributed by atoms with E-state index in [1.807, 2.05) is 13.8 Å². The van der Waals surface area contributed by atoms with Gasteiger partial charge in [0.15, 0.2) is 17.5 Å². The summed E-state index contributed by atoms with van der Waals surface area (Å²) in [4.78, 5) is 11.6. The molecule has 0 aromatic heterocycles. The molecule has 0 aliphatic rings. The molecule has 1 amide bonds. The standard InChI is InChI=1S/C12H13BrF3NO/c1-12(2,5-13)6-17-11(18)7-3-8(14)10(16)9(15)4-7/h3-4H,5-6H2,1-2H3,(H,17,18). The Bertz CT molecular complexity index is 440. The van der Waals surface area contributed by atoms with Crippen LogP contribution in [0.2, 0.25) is 0 Å². The van der Waals surface area contributed by atoms with Crippen molar-refractivity contribution in [2.45, 2.75) is 13.8 Å². The lowest BCUT2D eigenvalue weighted by Gasteiger charge is -2.21. The van der Waals surface area contributed by atoms with Crippen LogP contribution in [0.1, 0.15) is 24.2 Å². The molecule has 0 heterocycles. The van der Waals surface area contributed by atoms with Gasteiger partial charge in [-0.25, -0.2) is 13.2 Å².